The third kappa shape index (κ3) is 4.58. The lowest BCUT2D eigenvalue weighted by molar-refractivity contribution is 0.0473. The van der Waals surface area contributed by atoms with Crippen molar-refractivity contribution in [3.05, 3.63) is 0 Å². The Bertz CT molecular complexity index is 340. The van der Waals surface area contributed by atoms with Crippen molar-refractivity contribution in [2.24, 2.45) is 0 Å². The molecule has 1 saturated carbocycles. The smallest absolute Gasteiger partial charge is 0.407 e. The molecule has 1 amide bonds. The van der Waals surface area contributed by atoms with Crippen LogP contribution in [0.15, 0.2) is 0 Å². The maximum Gasteiger partial charge on any atom is 0.407 e. The minimum Gasteiger partial charge on any atom is -0.465 e. The van der Waals surface area contributed by atoms with Crippen molar-refractivity contribution in [1.29, 1.82) is 0 Å². The maximum atomic E-state index is 11.5. The molecule has 0 unspecified atom stereocenters. The number of nitrogens with zero attached hydrogens (tertiary/aromatic N) is 1. The first-order chi connectivity index (χ1) is 9.88. The second-order valence-electron chi connectivity index (χ2n) is 7.38. The zero-order chi connectivity index (χ0) is 15.5. The van der Waals surface area contributed by atoms with Gasteiger partial charge in [0.25, 0.3) is 0 Å². The van der Waals surface area contributed by atoms with Crippen molar-refractivity contribution in [2.45, 2.75) is 83.0 Å². The highest BCUT2D eigenvalue weighted by atomic mass is 16.5. The van der Waals surface area contributed by atoms with Crippen LogP contribution < -0.4 is 5.32 Å². The SMILES string of the molecule is CC(C)(C)N(C(=O)O)C1CCC(NC2CCOCC2)CC1. The standard InChI is InChI=1S/C16H30N2O3/c1-16(2,3)18(15(19)20)14-6-4-12(5-7-14)17-13-8-10-21-11-9-13/h12-14,17H,4-11H2,1-3H3,(H,19,20). The van der Waals surface area contributed by atoms with Crippen molar-refractivity contribution in [3.63, 3.8) is 0 Å². The summed E-state index contributed by atoms with van der Waals surface area (Å²) in [5, 5.41) is 13.2. The molecular weight excluding hydrogens is 268 g/mol. The lowest BCUT2D eigenvalue weighted by Crippen LogP contribution is -2.54. The van der Waals surface area contributed by atoms with Crippen LogP contribution in [0.1, 0.15) is 59.3 Å². The van der Waals surface area contributed by atoms with Gasteiger partial charge in [-0.25, -0.2) is 4.79 Å². The molecule has 0 aromatic heterocycles. The summed E-state index contributed by atoms with van der Waals surface area (Å²) >= 11 is 0. The lowest BCUT2D eigenvalue weighted by atomic mass is 9.87. The van der Waals surface area contributed by atoms with Gasteiger partial charge in [0.15, 0.2) is 0 Å². The third-order valence-electron chi connectivity index (χ3n) is 4.68. The quantitative estimate of drug-likeness (QED) is 0.841. The van der Waals surface area contributed by atoms with Crippen molar-refractivity contribution >= 4 is 6.09 Å². The molecule has 122 valence electrons. The number of hydrogen-bond acceptors (Lipinski definition) is 3. The van der Waals surface area contributed by atoms with Crippen LogP contribution in [0.25, 0.3) is 0 Å². The van der Waals surface area contributed by atoms with E-state index in [-0.39, 0.29) is 11.6 Å². The Balaban J connectivity index is 1.83. The molecule has 1 heterocycles. The summed E-state index contributed by atoms with van der Waals surface area (Å²) in [7, 11) is 0. The van der Waals surface area contributed by atoms with E-state index in [9.17, 15) is 9.90 Å². The van der Waals surface area contributed by atoms with Crippen molar-refractivity contribution in [3.8, 4) is 0 Å². The van der Waals surface area contributed by atoms with Crippen molar-refractivity contribution in [2.75, 3.05) is 13.2 Å². The first kappa shape index (κ1) is 16.6. The monoisotopic (exact) mass is 298 g/mol. The fourth-order valence-electron chi connectivity index (χ4n) is 3.69. The molecule has 1 aliphatic heterocycles. The van der Waals surface area contributed by atoms with E-state index in [0.717, 1.165) is 51.7 Å². The molecule has 5 heteroatoms. The van der Waals surface area contributed by atoms with Crippen molar-refractivity contribution < 1.29 is 14.6 Å². The van der Waals surface area contributed by atoms with Gasteiger partial charge in [0.2, 0.25) is 0 Å². The Hall–Kier alpha value is -0.810. The molecule has 0 spiro atoms. The van der Waals surface area contributed by atoms with Gasteiger partial charge in [0, 0.05) is 36.9 Å². The van der Waals surface area contributed by atoms with Gasteiger partial charge < -0.3 is 20.1 Å². The summed E-state index contributed by atoms with van der Waals surface area (Å²) in [5.41, 5.74) is -0.322. The molecule has 0 radical (unpaired) electrons. The van der Waals surface area contributed by atoms with E-state index >= 15 is 0 Å². The Morgan fingerprint density at radius 3 is 2.05 bits per heavy atom. The largest absolute Gasteiger partial charge is 0.465 e. The van der Waals surface area contributed by atoms with Gasteiger partial charge in [-0.1, -0.05) is 0 Å². The molecule has 5 nitrogen and oxygen atoms in total. The Morgan fingerprint density at radius 2 is 1.57 bits per heavy atom. The molecule has 21 heavy (non-hydrogen) atoms. The molecule has 0 aromatic carbocycles. The number of ether oxygens (including phenoxy) is 1. The molecule has 2 rings (SSSR count). The van der Waals surface area contributed by atoms with E-state index < -0.39 is 6.09 Å². The fourth-order valence-corrected chi connectivity index (χ4v) is 3.69. The van der Waals surface area contributed by atoms with E-state index in [0.29, 0.717) is 12.1 Å². The molecule has 0 bridgehead atoms. The minimum atomic E-state index is -0.789. The maximum absolute atomic E-state index is 11.5. The molecule has 2 N–H and O–H groups in total. The van der Waals surface area contributed by atoms with Gasteiger partial charge in [-0.15, -0.1) is 0 Å². The summed E-state index contributed by atoms with van der Waals surface area (Å²) in [6.45, 7) is 7.67. The zero-order valence-corrected chi connectivity index (χ0v) is 13.6. The highest BCUT2D eigenvalue weighted by Gasteiger charge is 2.35. The molecule has 2 aliphatic rings. The summed E-state index contributed by atoms with van der Waals surface area (Å²) < 4.78 is 5.39. The molecular formula is C16H30N2O3. The van der Waals surface area contributed by atoms with Gasteiger partial charge in [0.05, 0.1) is 0 Å². The van der Waals surface area contributed by atoms with Crippen LogP contribution in [0.5, 0.6) is 0 Å². The molecule has 1 aliphatic carbocycles. The molecule has 0 atom stereocenters. The third-order valence-corrected chi connectivity index (χ3v) is 4.68. The van der Waals surface area contributed by atoms with Crippen LogP contribution in [-0.4, -0.2) is 53.0 Å². The second kappa shape index (κ2) is 6.97. The van der Waals surface area contributed by atoms with Gasteiger partial charge >= 0.3 is 6.09 Å². The number of hydrogen-bond donors (Lipinski definition) is 2. The highest BCUT2D eigenvalue weighted by Crippen LogP contribution is 2.29. The normalized spacial score (nSPS) is 28.3. The first-order valence-corrected chi connectivity index (χ1v) is 8.24. The summed E-state index contributed by atoms with van der Waals surface area (Å²) in [4.78, 5) is 13.2. The van der Waals surface area contributed by atoms with Crippen LogP contribution in [0.2, 0.25) is 0 Å². The second-order valence-corrected chi connectivity index (χ2v) is 7.38. The molecule has 1 saturated heterocycles. The minimum absolute atomic E-state index is 0.162. The van der Waals surface area contributed by atoms with Gasteiger partial charge in [-0.3, -0.25) is 0 Å². The fraction of sp³-hybridized carbons (Fsp3) is 0.938. The summed E-state index contributed by atoms with van der Waals surface area (Å²) in [6.07, 6.45) is 5.48. The predicted octanol–water partition coefficient (Wildman–Crippen LogP) is 2.84. The van der Waals surface area contributed by atoms with E-state index in [1.165, 1.54) is 0 Å². The average Bonchev–Trinajstić information content (AvgIpc) is 2.40. The zero-order valence-electron chi connectivity index (χ0n) is 13.6. The van der Waals surface area contributed by atoms with Crippen LogP contribution in [0.3, 0.4) is 0 Å². The number of amides is 1. The van der Waals surface area contributed by atoms with E-state index in [1.54, 1.807) is 4.90 Å². The van der Waals surface area contributed by atoms with Crippen LogP contribution in [0.4, 0.5) is 4.79 Å². The van der Waals surface area contributed by atoms with Crippen LogP contribution in [-0.2, 0) is 4.74 Å². The van der Waals surface area contributed by atoms with Crippen LogP contribution in [0, 0.1) is 0 Å². The lowest BCUT2D eigenvalue weighted by Gasteiger charge is -2.43. The topological polar surface area (TPSA) is 61.8 Å². The van der Waals surface area contributed by atoms with E-state index in [1.807, 2.05) is 20.8 Å². The molecule has 2 fully saturated rings. The van der Waals surface area contributed by atoms with Gasteiger partial charge in [0.1, 0.15) is 0 Å². The average molecular weight is 298 g/mol. The predicted molar refractivity (Wildman–Crippen MR) is 82.6 cm³/mol. The molecule has 0 aromatic rings. The number of carboxylic acid groups (broad SMARTS) is 1. The number of carbonyl (C=O) groups is 1. The Morgan fingerprint density at radius 1 is 1.05 bits per heavy atom. The summed E-state index contributed by atoms with van der Waals surface area (Å²) in [5.74, 6) is 0. The van der Waals surface area contributed by atoms with Gasteiger partial charge in [-0.05, 0) is 59.3 Å². The number of rotatable bonds is 3. The first-order valence-electron chi connectivity index (χ1n) is 8.24. The Labute approximate surface area is 128 Å². The van der Waals surface area contributed by atoms with E-state index in [4.69, 9.17) is 4.74 Å². The summed E-state index contributed by atoms with van der Waals surface area (Å²) in [6, 6.07) is 1.29. The highest BCUT2D eigenvalue weighted by molar-refractivity contribution is 5.66. The van der Waals surface area contributed by atoms with E-state index in [2.05, 4.69) is 5.32 Å². The number of nitrogens with one attached hydrogen (secondary N) is 1. The Kier molecular flexibility index (Phi) is 5.49. The van der Waals surface area contributed by atoms with Gasteiger partial charge in [-0.2, -0.15) is 0 Å². The van der Waals surface area contributed by atoms with Crippen LogP contribution >= 0.6 is 0 Å². The van der Waals surface area contributed by atoms with Crippen molar-refractivity contribution in [1.82, 2.24) is 10.2 Å².